The van der Waals surface area contributed by atoms with Crippen molar-refractivity contribution in [1.82, 2.24) is 0 Å². The van der Waals surface area contributed by atoms with Crippen molar-refractivity contribution in [2.24, 2.45) is 22.8 Å². The second-order valence-corrected chi connectivity index (χ2v) is 7.53. The smallest absolute Gasteiger partial charge is 0.248 e. The van der Waals surface area contributed by atoms with Crippen LogP contribution in [-0.2, 0) is 16.0 Å². The first-order valence-corrected chi connectivity index (χ1v) is 9.16. The molecule has 0 aromatic heterocycles. The molecule has 0 saturated heterocycles. The Hall–Kier alpha value is -2.02. The van der Waals surface area contributed by atoms with Gasteiger partial charge in [0.15, 0.2) is 0 Å². The van der Waals surface area contributed by atoms with Gasteiger partial charge in [0.05, 0.1) is 11.5 Å². The second kappa shape index (κ2) is 8.78. The monoisotopic (exact) mass is 381 g/mol. The number of aliphatic hydroxyl groups excluding tert-OH is 1. The van der Waals surface area contributed by atoms with Crippen molar-refractivity contribution in [1.29, 1.82) is 0 Å². The molecule has 1 aliphatic carbocycles. The van der Waals surface area contributed by atoms with Crippen LogP contribution in [-0.4, -0.2) is 28.9 Å². The van der Waals surface area contributed by atoms with Gasteiger partial charge in [-0.05, 0) is 44.1 Å². The van der Waals surface area contributed by atoms with E-state index in [1.54, 1.807) is 6.42 Å². The minimum Gasteiger partial charge on any atom is -0.393 e. The van der Waals surface area contributed by atoms with Crippen LogP contribution in [0.5, 0.6) is 0 Å². The van der Waals surface area contributed by atoms with Crippen LogP contribution in [0.4, 0.5) is 8.78 Å². The van der Waals surface area contributed by atoms with Crippen molar-refractivity contribution in [3.63, 3.8) is 0 Å². The fourth-order valence-corrected chi connectivity index (χ4v) is 3.69. The van der Waals surface area contributed by atoms with Crippen LogP contribution in [0, 0.1) is 17.8 Å². The van der Waals surface area contributed by atoms with Gasteiger partial charge in [-0.3, -0.25) is 9.59 Å². The number of rotatable bonds is 9. The van der Waals surface area contributed by atoms with Gasteiger partial charge in [-0.2, -0.15) is 0 Å². The number of halogens is 2. The van der Waals surface area contributed by atoms with E-state index < -0.39 is 48.0 Å². The molecule has 1 fully saturated rings. The molecule has 1 aliphatic rings. The van der Waals surface area contributed by atoms with Crippen LogP contribution in [0.15, 0.2) is 30.3 Å². The highest BCUT2D eigenvalue weighted by molar-refractivity contribution is 5.83. The van der Waals surface area contributed by atoms with Crippen LogP contribution in [0.3, 0.4) is 0 Å². The van der Waals surface area contributed by atoms with Gasteiger partial charge in [0.1, 0.15) is 0 Å². The van der Waals surface area contributed by atoms with E-state index in [0.29, 0.717) is 6.42 Å². The van der Waals surface area contributed by atoms with Gasteiger partial charge in [0, 0.05) is 18.8 Å². The highest BCUT2D eigenvalue weighted by Gasteiger charge is 2.48. The zero-order chi connectivity index (χ0) is 20.1. The number of hydrogen-bond acceptors (Lipinski definition) is 3. The maximum Gasteiger partial charge on any atom is 0.248 e. The summed E-state index contributed by atoms with van der Waals surface area (Å²) in [4.78, 5) is 23.9. The standard InChI is InChI=1S/C20H27F2N2O3/c21-20(22)10-8-19(9-11-20,18(24)27)13-15(17(23)26)12-16(25)7-6-14-4-2-1-3-5-14/h1-5,7,15-16,25H,6,8-13H2,(H2,23,26)(H2,24,27)/t15-,16-/m0/s1. The third-order valence-electron chi connectivity index (χ3n) is 5.50. The minimum absolute atomic E-state index is 0.00994. The molecule has 27 heavy (non-hydrogen) atoms. The summed E-state index contributed by atoms with van der Waals surface area (Å²) in [5.74, 6) is -4.98. The number of aliphatic hydroxyl groups is 1. The van der Waals surface area contributed by atoms with Gasteiger partial charge in [-0.25, -0.2) is 8.78 Å². The molecular formula is C20H27F2N2O3. The van der Waals surface area contributed by atoms with E-state index in [9.17, 15) is 23.5 Å². The molecule has 2 rings (SSSR count). The summed E-state index contributed by atoms with van der Waals surface area (Å²) in [7, 11) is 0. The summed E-state index contributed by atoms with van der Waals surface area (Å²) in [6.07, 6.45) is 0.257. The first-order chi connectivity index (χ1) is 12.6. The average Bonchev–Trinajstić information content (AvgIpc) is 2.62. The Kier molecular flexibility index (Phi) is 6.92. The van der Waals surface area contributed by atoms with Crippen molar-refractivity contribution >= 4 is 11.8 Å². The Morgan fingerprint density at radius 2 is 1.70 bits per heavy atom. The van der Waals surface area contributed by atoms with E-state index in [4.69, 9.17) is 11.5 Å². The fourth-order valence-electron chi connectivity index (χ4n) is 3.69. The van der Waals surface area contributed by atoms with E-state index >= 15 is 0 Å². The Morgan fingerprint density at radius 3 is 2.22 bits per heavy atom. The number of benzene rings is 1. The number of primary amides is 2. The van der Waals surface area contributed by atoms with Crippen molar-refractivity contribution < 1.29 is 23.5 Å². The molecule has 149 valence electrons. The Bertz CT molecular complexity index is 642. The normalized spacial score (nSPS) is 20.6. The third kappa shape index (κ3) is 5.99. The summed E-state index contributed by atoms with van der Waals surface area (Å²) in [6.45, 7) is 0. The Morgan fingerprint density at radius 1 is 1.11 bits per heavy atom. The zero-order valence-electron chi connectivity index (χ0n) is 15.2. The van der Waals surface area contributed by atoms with E-state index in [1.807, 2.05) is 30.3 Å². The number of carbonyl (C=O) groups excluding carboxylic acids is 2. The first kappa shape index (κ1) is 21.3. The SMILES string of the molecule is NC(=O)[C@@H](C[C@@H](O)[CH]Cc1ccccc1)CC1(C(N)=O)CCC(F)(F)CC1. The van der Waals surface area contributed by atoms with E-state index in [-0.39, 0.29) is 25.7 Å². The van der Waals surface area contributed by atoms with Gasteiger partial charge >= 0.3 is 0 Å². The summed E-state index contributed by atoms with van der Waals surface area (Å²) in [5, 5.41) is 10.3. The zero-order valence-corrected chi connectivity index (χ0v) is 15.2. The molecule has 7 heteroatoms. The number of carbonyl (C=O) groups is 2. The molecule has 1 aromatic rings. The van der Waals surface area contributed by atoms with Crippen LogP contribution in [0.1, 0.15) is 44.1 Å². The fraction of sp³-hybridized carbons (Fsp3) is 0.550. The number of amides is 2. The first-order valence-electron chi connectivity index (χ1n) is 9.16. The Balaban J connectivity index is 1.98. The highest BCUT2D eigenvalue weighted by atomic mass is 19.3. The van der Waals surface area contributed by atoms with Crippen LogP contribution >= 0.6 is 0 Å². The summed E-state index contributed by atoms with van der Waals surface area (Å²) in [6, 6.07) is 9.49. The van der Waals surface area contributed by atoms with E-state index in [1.165, 1.54) is 0 Å². The molecule has 1 radical (unpaired) electrons. The van der Waals surface area contributed by atoms with E-state index in [0.717, 1.165) is 5.56 Å². The lowest BCUT2D eigenvalue weighted by Crippen LogP contribution is -2.46. The summed E-state index contributed by atoms with van der Waals surface area (Å²) in [5.41, 5.74) is 10.8. The summed E-state index contributed by atoms with van der Waals surface area (Å²) >= 11 is 0. The van der Waals surface area contributed by atoms with Crippen LogP contribution in [0.2, 0.25) is 0 Å². The van der Waals surface area contributed by atoms with Crippen LogP contribution in [0.25, 0.3) is 0 Å². The largest absolute Gasteiger partial charge is 0.393 e. The molecular weight excluding hydrogens is 354 g/mol. The average molecular weight is 381 g/mol. The van der Waals surface area contributed by atoms with Crippen molar-refractivity contribution in [2.75, 3.05) is 0 Å². The molecule has 0 bridgehead atoms. The molecule has 0 heterocycles. The molecule has 0 spiro atoms. The molecule has 2 amide bonds. The predicted octanol–water partition coefficient (Wildman–Crippen LogP) is 2.36. The Labute approximate surface area is 158 Å². The van der Waals surface area contributed by atoms with Crippen molar-refractivity contribution in [3.8, 4) is 0 Å². The minimum atomic E-state index is -2.82. The van der Waals surface area contributed by atoms with Gasteiger partial charge < -0.3 is 16.6 Å². The number of alkyl halides is 2. The second-order valence-electron chi connectivity index (χ2n) is 7.53. The molecule has 5 nitrogen and oxygen atoms in total. The van der Waals surface area contributed by atoms with E-state index in [2.05, 4.69) is 0 Å². The van der Waals surface area contributed by atoms with Gasteiger partial charge in [0.25, 0.3) is 0 Å². The molecule has 0 unspecified atom stereocenters. The maximum atomic E-state index is 13.5. The predicted molar refractivity (Wildman–Crippen MR) is 97.4 cm³/mol. The highest BCUT2D eigenvalue weighted by Crippen LogP contribution is 2.47. The summed E-state index contributed by atoms with van der Waals surface area (Å²) < 4.78 is 27.0. The van der Waals surface area contributed by atoms with Crippen molar-refractivity contribution in [2.45, 2.75) is 57.0 Å². The molecule has 2 atom stereocenters. The third-order valence-corrected chi connectivity index (χ3v) is 5.50. The van der Waals surface area contributed by atoms with Gasteiger partial charge in [0.2, 0.25) is 17.7 Å². The van der Waals surface area contributed by atoms with Crippen LogP contribution < -0.4 is 11.5 Å². The van der Waals surface area contributed by atoms with Crippen molar-refractivity contribution in [3.05, 3.63) is 42.3 Å². The lowest BCUT2D eigenvalue weighted by molar-refractivity contribution is -0.139. The number of hydrogen-bond donors (Lipinski definition) is 3. The molecule has 1 saturated carbocycles. The number of nitrogens with two attached hydrogens (primary N) is 2. The topological polar surface area (TPSA) is 106 Å². The molecule has 0 aliphatic heterocycles. The van der Waals surface area contributed by atoms with Gasteiger partial charge in [-0.15, -0.1) is 0 Å². The van der Waals surface area contributed by atoms with Gasteiger partial charge in [-0.1, -0.05) is 30.3 Å². The maximum absolute atomic E-state index is 13.5. The quantitative estimate of drug-likeness (QED) is 0.611. The lowest BCUT2D eigenvalue weighted by atomic mass is 9.66. The molecule has 1 aromatic carbocycles. The molecule has 5 N–H and O–H groups in total. The lowest BCUT2D eigenvalue weighted by Gasteiger charge is -2.39.